The third-order valence-electron chi connectivity index (χ3n) is 6.93. The first-order valence-corrected chi connectivity index (χ1v) is 17.2. The lowest BCUT2D eigenvalue weighted by Crippen LogP contribution is -2.59. The van der Waals surface area contributed by atoms with Gasteiger partial charge in [-0.2, -0.15) is 0 Å². The summed E-state index contributed by atoms with van der Waals surface area (Å²) in [5.74, 6) is -3.16. The summed E-state index contributed by atoms with van der Waals surface area (Å²) in [5, 5.41) is 0. The normalized spacial score (nSPS) is 15.7. The molecule has 4 unspecified atom stereocenters. The van der Waals surface area contributed by atoms with Gasteiger partial charge in [-0.15, -0.1) is 0 Å². The molecular weight excluding hydrogens is 571 g/mol. The fourth-order valence-electron chi connectivity index (χ4n) is 4.33. The van der Waals surface area contributed by atoms with Crippen molar-refractivity contribution >= 4 is 20.4 Å². The van der Waals surface area contributed by atoms with Gasteiger partial charge in [-0.3, -0.25) is 9.30 Å². The molecule has 0 rings (SSSR count). The zero-order valence-electron chi connectivity index (χ0n) is 27.6. The van der Waals surface area contributed by atoms with E-state index in [2.05, 4.69) is 40.9 Å². The van der Waals surface area contributed by atoms with E-state index in [0.29, 0.717) is 32.1 Å². The van der Waals surface area contributed by atoms with Crippen molar-refractivity contribution in [1.29, 1.82) is 0 Å². The molecule has 43 heavy (non-hydrogen) atoms. The van der Waals surface area contributed by atoms with Crippen LogP contribution in [0.15, 0.2) is 25.3 Å². The highest BCUT2D eigenvalue weighted by molar-refractivity contribution is 7.25. The van der Waals surface area contributed by atoms with Crippen LogP contribution in [0.25, 0.3) is 0 Å². The van der Waals surface area contributed by atoms with Crippen molar-refractivity contribution in [2.75, 3.05) is 13.2 Å². The highest BCUT2D eigenvalue weighted by atomic mass is 31.1. The van der Waals surface area contributed by atoms with Crippen LogP contribution >= 0.6 is 8.46 Å². The molecule has 4 atom stereocenters. The fraction of sp³-hybridized carbons (Fsp3) is 0.818. The van der Waals surface area contributed by atoms with Crippen LogP contribution in [0.2, 0.25) is 0 Å². The van der Waals surface area contributed by atoms with Crippen molar-refractivity contribution in [3.63, 3.8) is 0 Å². The molecule has 0 heterocycles. The van der Waals surface area contributed by atoms with E-state index in [4.69, 9.17) is 28.4 Å². The number of hydrogen-bond donors (Lipinski definition) is 0. The number of esters is 2. The summed E-state index contributed by atoms with van der Waals surface area (Å²) < 4.78 is 49.9. The second kappa shape index (κ2) is 25.7. The average molecular weight is 631 g/mol. The van der Waals surface area contributed by atoms with Crippen LogP contribution in [0, 0.1) is 0 Å². The van der Waals surface area contributed by atoms with Gasteiger partial charge < -0.3 is 23.7 Å². The average Bonchev–Trinajstić information content (AvgIpc) is 3.00. The van der Waals surface area contributed by atoms with E-state index in [1.54, 1.807) is 6.92 Å². The maximum Gasteiger partial charge on any atom is 0.332 e. The largest absolute Gasteiger partial charge is 0.432 e. The van der Waals surface area contributed by atoms with Crippen LogP contribution in [0.3, 0.4) is 0 Å². The molecule has 0 N–H and O–H groups in total. The first kappa shape index (κ1) is 41.4. The van der Waals surface area contributed by atoms with E-state index in [-0.39, 0.29) is 13.2 Å². The van der Waals surface area contributed by atoms with Gasteiger partial charge in [-0.05, 0) is 32.6 Å². The van der Waals surface area contributed by atoms with E-state index >= 15 is 0 Å². The fourth-order valence-corrected chi connectivity index (χ4v) is 4.92. The van der Waals surface area contributed by atoms with Crippen molar-refractivity contribution in [3.05, 3.63) is 25.3 Å². The Morgan fingerprint density at radius 3 is 1.49 bits per heavy atom. The Morgan fingerprint density at radius 1 is 0.651 bits per heavy atom. The summed E-state index contributed by atoms with van der Waals surface area (Å²) in [6.45, 7) is 17.4. The molecular formula is C33H59O9P. The maximum absolute atomic E-state index is 13.3. The van der Waals surface area contributed by atoms with Gasteiger partial charge in [-0.1, -0.05) is 105 Å². The quantitative estimate of drug-likeness (QED) is 0.0252. The Kier molecular flexibility index (Phi) is 24.7. The molecule has 0 bridgehead atoms. The Bertz CT molecular complexity index is 777. The Balaban J connectivity index is 6.66. The third-order valence-corrected chi connectivity index (χ3v) is 7.81. The van der Waals surface area contributed by atoms with Crippen LogP contribution in [0.5, 0.6) is 0 Å². The molecule has 0 amide bonds. The monoisotopic (exact) mass is 630 g/mol. The van der Waals surface area contributed by atoms with Crippen LogP contribution in [0.4, 0.5) is 0 Å². The summed E-state index contributed by atoms with van der Waals surface area (Å²) in [6, 6.07) is 0. The zero-order chi connectivity index (χ0) is 32.4. The summed E-state index contributed by atoms with van der Waals surface area (Å²) in [5.41, 5.74) is -2.05. The summed E-state index contributed by atoms with van der Waals surface area (Å²) in [4.78, 5) is 24.6. The van der Waals surface area contributed by atoms with Crippen LogP contribution in [0.1, 0.15) is 137 Å². The van der Waals surface area contributed by atoms with Gasteiger partial charge in [0, 0.05) is 25.0 Å². The smallest absolute Gasteiger partial charge is 0.332 e. The minimum Gasteiger partial charge on any atom is -0.432 e. The first-order chi connectivity index (χ1) is 20.7. The van der Waals surface area contributed by atoms with E-state index in [9.17, 15) is 14.2 Å². The molecule has 0 aliphatic heterocycles. The molecule has 0 spiro atoms. The van der Waals surface area contributed by atoms with Crippen LogP contribution < -0.4 is 0 Å². The lowest BCUT2D eigenvalue weighted by atomic mass is 10.2. The van der Waals surface area contributed by atoms with Crippen molar-refractivity contribution in [2.24, 2.45) is 0 Å². The zero-order valence-corrected chi connectivity index (χ0v) is 28.5. The highest BCUT2D eigenvalue weighted by Gasteiger charge is 2.58. The van der Waals surface area contributed by atoms with Crippen molar-refractivity contribution in [3.8, 4) is 0 Å². The van der Waals surface area contributed by atoms with Crippen LogP contribution in [-0.2, 0) is 42.6 Å². The van der Waals surface area contributed by atoms with Gasteiger partial charge in [0.1, 0.15) is 0 Å². The second-order valence-electron chi connectivity index (χ2n) is 10.8. The van der Waals surface area contributed by atoms with Crippen molar-refractivity contribution in [2.45, 2.75) is 161 Å². The molecule has 0 saturated carbocycles. The van der Waals surface area contributed by atoms with Gasteiger partial charge in [-0.25, -0.2) is 9.59 Å². The summed E-state index contributed by atoms with van der Waals surface area (Å²) in [6.07, 6.45) is 13.1. The minimum absolute atomic E-state index is 0.192. The molecule has 250 valence electrons. The molecule has 0 aromatic rings. The first-order valence-electron chi connectivity index (χ1n) is 16.3. The standard InChI is InChI=1S/C33H59O9P/c1-8-14-18-22-26-37-32(7,41-30(24-20-16-10-3)39-28(34)12-5)33(43-36,38-27-23-19-15-9-2)42-31(25-21-17-11-4)40-29(35)13-6/h12-13,30-31H,5-6,8-11,14-27H2,1-4,7H3. The predicted octanol–water partition coefficient (Wildman–Crippen LogP) is 9.15. The topological polar surface area (TPSA) is 107 Å². The predicted molar refractivity (Wildman–Crippen MR) is 170 cm³/mol. The van der Waals surface area contributed by atoms with Crippen molar-refractivity contribution < 1.29 is 42.6 Å². The number of rotatable bonds is 30. The number of unbranched alkanes of at least 4 members (excludes halogenated alkanes) is 10. The Labute approximate surface area is 262 Å². The molecule has 0 aliphatic carbocycles. The van der Waals surface area contributed by atoms with Gasteiger partial charge in [0.05, 0.1) is 13.2 Å². The summed E-state index contributed by atoms with van der Waals surface area (Å²) >= 11 is 0. The summed E-state index contributed by atoms with van der Waals surface area (Å²) in [7, 11) is -0.601. The lowest BCUT2D eigenvalue weighted by Gasteiger charge is -2.44. The van der Waals surface area contributed by atoms with Gasteiger partial charge >= 0.3 is 17.5 Å². The minimum atomic E-state index is -2.05. The van der Waals surface area contributed by atoms with Crippen molar-refractivity contribution in [1.82, 2.24) is 0 Å². The Morgan fingerprint density at radius 2 is 1.07 bits per heavy atom. The highest BCUT2D eigenvalue weighted by Crippen LogP contribution is 2.44. The van der Waals surface area contributed by atoms with Gasteiger partial charge in [0.25, 0.3) is 0 Å². The number of carbonyl (C=O) groups excluding carboxylic acids is 2. The SMILES string of the molecule is C=CC(=O)OC(CCCCC)OC(C)(OCCCCCC)C(OCCCCCC)(OC(CCCCC)OC(=O)C=C)P=O. The molecule has 0 aromatic carbocycles. The Hall–Kier alpha value is -1.64. The van der Waals surface area contributed by atoms with Crippen LogP contribution in [-0.4, -0.2) is 49.0 Å². The van der Waals surface area contributed by atoms with E-state index < -0.39 is 44.3 Å². The number of carbonyl (C=O) groups is 2. The van der Waals surface area contributed by atoms with E-state index in [1.807, 2.05) is 0 Å². The second-order valence-corrected chi connectivity index (χ2v) is 11.6. The molecule has 0 fully saturated rings. The lowest BCUT2D eigenvalue weighted by molar-refractivity contribution is -0.412. The maximum atomic E-state index is 13.3. The molecule has 0 aromatic heterocycles. The van der Waals surface area contributed by atoms with E-state index in [0.717, 1.165) is 82.8 Å². The molecule has 0 aliphatic rings. The molecule has 0 saturated heterocycles. The molecule has 10 heteroatoms. The van der Waals surface area contributed by atoms with Gasteiger partial charge in [0.2, 0.25) is 26.8 Å². The molecule has 9 nitrogen and oxygen atoms in total. The van der Waals surface area contributed by atoms with Gasteiger partial charge in [0.15, 0.2) is 0 Å². The number of hydrogen-bond acceptors (Lipinski definition) is 9. The number of ether oxygens (including phenoxy) is 6. The van der Waals surface area contributed by atoms with E-state index in [1.165, 1.54) is 0 Å². The third kappa shape index (κ3) is 17.4. The molecule has 0 radical (unpaired) electrons.